The Morgan fingerprint density at radius 3 is 2.36 bits per heavy atom. The highest BCUT2D eigenvalue weighted by Gasteiger charge is 2.21. The molecule has 1 N–H and O–H groups in total. The molecule has 0 radical (unpaired) electrons. The molecule has 0 aliphatic carbocycles. The van der Waals surface area contributed by atoms with E-state index in [1.165, 1.54) is 12.0 Å². The van der Waals surface area contributed by atoms with Gasteiger partial charge in [-0.15, -0.1) is 0 Å². The lowest BCUT2D eigenvalue weighted by Gasteiger charge is -2.31. The van der Waals surface area contributed by atoms with Crippen LogP contribution in [0.2, 0.25) is 10.0 Å². The normalized spacial score (nSPS) is 15.4. The van der Waals surface area contributed by atoms with Gasteiger partial charge in [-0.05, 0) is 74.5 Å². The molecule has 6 heteroatoms. The molecule has 1 amide bonds. The number of nitrogens with one attached hydrogen (secondary N) is 1. The molecule has 0 spiro atoms. The lowest BCUT2D eigenvalue weighted by atomic mass is 9.90. The van der Waals surface area contributed by atoms with E-state index >= 15 is 0 Å². The Labute approximate surface area is 176 Å². The Hall–Kier alpha value is -1.75. The fourth-order valence-corrected chi connectivity index (χ4v) is 4.09. The van der Waals surface area contributed by atoms with Crippen LogP contribution in [0.25, 0.3) is 0 Å². The highest BCUT2D eigenvalue weighted by molar-refractivity contribution is 6.39. The van der Waals surface area contributed by atoms with Crippen LogP contribution in [0, 0.1) is 5.92 Å². The molecule has 1 aliphatic rings. The second-order valence-electron chi connectivity index (χ2n) is 7.25. The number of benzene rings is 2. The predicted molar refractivity (Wildman–Crippen MR) is 116 cm³/mol. The van der Waals surface area contributed by atoms with Crippen molar-refractivity contribution >= 4 is 34.8 Å². The third kappa shape index (κ3) is 5.87. The number of methoxy groups -OCH3 is 1. The number of aryl methyl sites for hydroxylation is 1. The molecular weight excluding hydrogens is 395 g/mol. The van der Waals surface area contributed by atoms with Gasteiger partial charge in [-0.25, -0.2) is 0 Å². The Balaban J connectivity index is 1.40. The maximum Gasteiger partial charge on any atom is 0.238 e. The first-order chi connectivity index (χ1) is 13.5. The van der Waals surface area contributed by atoms with Crippen molar-refractivity contribution in [2.75, 3.05) is 32.1 Å². The number of halogens is 2. The molecule has 1 heterocycles. The number of amides is 1. The van der Waals surface area contributed by atoms with Crippen LogP contribution in [0.3, 0.4) is 0 Å². The van der Waals surface area contributed by atoms with Crippen LogP contribution in [0.1, 0.15) is 24.8 Å². The number of carbonyl (C=O) groups excluding carboxylic acids is 1. The van der Waals surface area contributed by atoms with E-state index in [4.69, 9.17) is 27.9 Å². The number of para-hydroxylation sites is 1. The van der Waals surface area contributed by atoms with Crippen LogP contribution < -0.4 is 10.1 Å². The van der Waals surface area contributed by atoms with Gasteiger partial charge in [-0.3, -0.25) is 9.69 Å². The molecule has 0 bridgehead atoms. The number of rotatable bonds is 7. The second kappa shape index (κ2) is 10.1. The van der Waals surface area contributed by atoms with Gasteiger partial charge >= 0.3 is 0 Å². The van der Waals surface area contributed by atoms with E-state index in [1.807, 2.05) is 12.1 Å². The minimum absolute atomic E-state index is 0.0771. The lowest BCUT2D eigenvalue weighted by molar-refractivity contribution is -0.117. The smallest absolute Gasteiger partial charge is 0.238 e. The Bertz CT molecular complexity index is 767. The van der Waals surface area contributed by atoms with Gasteiger partial charge in [-0.2, -0.15) is 0 Å². The van der Waals surface area contributed by atoms with Crippen molar-refractivity contribution in [2.24, 2.45) is 5.92 Å². The summed E-state index contributed by atoms with van der Waals surface area (Å²) in [4.78, 5) is 14.5. The van der Waals surface area contributed by atoms with Crippen molar-refractivity contribution in [3.8, 4) is 5.75 Å². The summed E-state index contributed by atoms with van der Waals surface area (Å²) in [6.45, 7) is 2.25. The van der Waals surface area contributed by atoms with Gasteiger partial charge in [0.1, 0.15) is 5.75 Å². The summed E-state index contributed by atoms with van der Waals surface area (Å²) in [7, 11) is 1.69. The number of hydrogen-bond donors (Lipinski definition) is 1. The van der Waals surface area contributed by atoms with Gasteiger partial charge in [0, 0.05) is 0 Å². The highest BCUT2D eigenvalue weighted by atomic mass is 35.5. The molecule has 1 fully saturated rings. The Morgan fingerprint density at radius 1 is 1.11 bits per heavy atom. The van der Waals surface area contributed by atoms with E-state index in [9.17, 15) is 4.79 Å². The van der Waals surface area contributed by atoms with E-state index in [-0.39, 0.29) is 5.91 Å². The van der Waals surface area contributed by atoms with Crippen LogP contribution in [0.4, 0.5) is 5.69 Å². The minimum atomic E-state index is -0.0771. The summed E-state index contributed by atoms with van der Waals surface area (Å²) in [5.74, 6) is 1.53. The van der Waals surface area contributed by atoms with E-state index in [2.05, 4.69) is 22.3 Å². The predicted octanol–water partition coefficient (Wildman–Crippen LogP) is 5.29. The van der Waals surface area contributed by atoms with Crippen LogP contribution in [-0.4, -0.2) is 37.6 Å². The van der Waals surface area contributed by atoms with E-state index in [0.29, 0.717) is 28.2 Å². The van der Waals surface area contributed by atoms with Crippen molar-refractivity contribution in [1.29, 1.82) is 0 Å². The Kier molecular flexibility index (Phi) is 7.60. The van der Waals surface area contributed by atoms with E-state index < -0.39 is 0 Å². The van der Waals surface area contributed by atoms with Crippen LogP contribution in [0.15, 0.2) is 42.5 Å². The molecule has 150 valence electrons. The zero-order chi connectivity index (χ0) is 19.9. The summed E-state index contributed by atoms with van der Waals surface area (Å²) in [5, 5.41) is 3.75. The van der Waals surface area contributed by atoms with Gasteiger partial charge in [-0.1, -0.05) is 41.4 Å². The molecule has 3 rings (SSSR count). The van der Waals surface area contributed by atoms with E-state index in [0.717, 1.165) is 38.1 Å². The van der Waals surface area contributed by atoms with Crippen LogP contribution in [0.5, 0.6) is 5.75 Å². The minimum Gasteiger partial charge on any atom is -0.497 e. The molecule has 2 aromatic carbocycles. The molecule has 4 nitrogen and oxygen atoms in total. The molecule has 1 aliphatic heterocycles. The van der Waals surface area contributed by atoms with Gasteiger partial charge in [0.15, 0.2) is 0 Å². The molecule has 1 saturated heterocycles. The number of likely N-dealkylation sites (tertiary alicyclic amines) is 1. The number of nitrogens with zero attached hydrogens (tertiary/aromatic N) is 1. The molecular formula is C22H26Cl2N2O2. The Morgan fingerprint density at radius 2 is 1.75 bits per heavy atom. The maximum absolute atomic E-state index is 12.3. The third-order valence-corrected chi connectivity index (χ3v) is 5.93. The fraction of sp³-hybridized carbons (Fsp3) is 0.409. The summed E-state index contributed by atoms with van der Waals surface area (Å²) in [6, 6.07) is 13.5. The molecule has 0 aromatic heterocycles. The fourth-order valence-electron chi connectivity index (χ4n) is 3.60. The average Bonchev–Trinajstić information content (AvgIpc) is 2.71. The topological polar surface area (TPSA) is 41.6 Å². The number of hydrogen-bond acceptors (Lipinski definition) is 3. The largest absolute Gasteiger partial charge is 0.497 e. The van der Waals surface area contributed by atoms with Crippen molar-refractivity contribution in [2.45, 2.75) is 25.7 Å². The van der Waals surface area contributed by atoms with Gasteiger partial charge < -0.3 is 10.1 Å². The maximum atomic E-state index is 12.3. The summed E-state index contributed by atoms with van der Waals surface area (Å²) in [5.41, 5.74) is 1.84. The molecule has 0 atom stereocenters. The SMILES string of the molecule is COc1ccc(CCC2CCN(CC(=O)Nc3c(Cl)cccc3Cl)CC2)cc1. The lowest BCUT2D eigenvalue weighted by Crippen LogP contribution is -2.39. The number of carbonyl (C=O) groups is 1. The zero-order valence-corrected chi connectivity index (χ0v) is 17.6. The highest BCUT2D eigenvalue weighted by Crippen LogP contribution is 2.30. The molecule has 28 heavy (non-hydrogen) atoms. The average molecular weight is 421 g/mol. The third-order valence-electron chi connectivity index (χ3n) is 5.30. The summed E-state index contributed by atoms with van der Waals surface area (Å²) >= 11 is 12.2. The van der Waals surface area contributed by atoms with Crippen molar-refractivity contribution in [1.82, 2.24) is 4.90 Å². The second-order valence-corrected chi connectivity index (χ2v) is 8.07. The number of anilines is 1. The first-order valence-corrected chi connectivity index (χ1v) is 10.4. The van der Waals surface area contributed by atoms with Gasteiger partial charge in [0.05, 0.1) is 29.4 Å². The van der Waals surface area contributed by atoms with E-state index in [1.54, 1.807) is 25.3 Å². The standard InChI is InChI=1S/C22H26Cl2N2O2/c1-28-18-9-7-16(8-10-18)5-6-17-11-13-26(14-12-17)15-21(27)25-22-19(23)3-2-4-20(22)24/h2-4,7-10,17H,5-6,11-15H2,1H3,(H,25,27). The summed E-state index contributed by atoms with van der Waals surface area (Å²) in [6.07, 6.45) is 4.51. The van der Waals surface area contributed by atoms with Gasteiger partial charge in [0.25, 0.3) is 0 Å². The zero-order valence-electron chi connectivity index (χ0n) is 16.1. The number of ether oxygens (including phenoxy) is 1. The van der Waals surface area contributed by atoms with Gasteiger partial charge in [0.2, 0.25) is 5.91 Å². The first kappa shape index (κ1) is 21.0. The van der Waals surface area contributed by atoms with Crippen LogP contribution in [-0.2, 0) is 11.2 Å². The van der Waals surface area contributed by atoms with Crippen LogP contribution >= 0.6 is 23.2 Å². The first-order valence-electron chi connectivity index (χ1n) is 9.64. The van der Waals surface area contributed by atoms with Crippen molar-refractivity contribution in [3.63, 3.8) is 0 Å². The molecule has 2 aromatic rings. The quantitative estimate of drug-likeness (QED) is 0.661. The van der Waals surface area contributed by atoms with Crippen molar-refractivity contribution < 1.29 is 9.53 Å². The monoisotopic (exact) mass is 420 g/mol. The summed E-state index contributed by atoms with van der Waals surface area (Å²) < 4.78 is 5.20. The van der Waals surface area contributed by atoms with Crippen molar-refractivity contribution in [3.05, 3.63) is 58.1 Å². The number of piperidine rings is 1. The molecule has 0 unspecified atom stereocenters. The molecule has 0 saturated carbocycles.